The summed E-state index contributed by atoms with van der Waals surface area (Å²) in [6.07, 6.45) is 4.56. The lowest BCUT2D eigenvalue weighted by Gasteiger charge is -2.13. The number of nitrogens with one attached hydrogen (secondary N) is 1. The molecule has 25 heavy (non-hydrogen) atoms. The Morgan fingerprint density at radius 3 is 2.56 bits per heavy atom. The van der Waals surface area contributed by atoms with E-state index in [9.17, 15) is 4.79 Å². The summed E-state index contributed by atoms with van der Waals surface area (Å²) in [6, 6.07) is 11.5. The van der Waals surface area contributed by atoms with E-state index in [1.807, 2.05) is 37.3 Å². The summed E-state index contributed by atoms with van der Waals surface area (Å²) in [5.74, 6) is 0.467. The molecule has 0 aliphatic carbocycles. The fourth-order valence-corrected chi connectivity index (χ4v) is 2.90. The number of unbranched alkanes of at least 4 members (excludes halogenated alkanes) is 3. The van der Waals surface area contributed by atoms with Gasteiger partial charge in [-0.05, 0) is 61.7 Å². The van der Waals surface area contributed by atoms with Crippen LogP contribution in [0.25, 0.3) is 0 Å². The number of benzene rings is 2. The van der Waals surface area contributed by atoms with E-state index in [4.69, 9.17) is 4.74 Å². The maximum Gasteiger partial charge on any atom is 0.259 e. The number of ether oxygens (including phenoxy) is 1. The Morgan fingerprint density at radius 1 is 1.04 bits per heavy atom. The second-order valence-electron chi connectivity index (χ2n) is 6.30. The maximum absolute atomic E-state index is 12.7. The summed E-state index contributed by atoms with van der Waals surface area (Å²) in [4.78, 5) is 12.7. The molecule has 2 rings (SSSR count). The summed E-state index contributed by atoms with van der Waals surface area (Å²) in [7, 11) is 0. The number of hydrogen-bond acceptors (Lipinski definition) is 2. The Hall–Kier alpha value is -1.81. The van der Waals surface area contributed by atoms with Gasteiger partial charge in [0, 0.05) is 10.2 Å². The van der Waals surface area contributed by atoms with Gasteiger partial charge in [-0.25, -0.2) is 0 Å². The SMILES string of the molecule is CCCCCCOc1ccc(Br)cc1C(=O)Nc1ccc(C)c(C)c1. The summed E-state index contributed by atoms with van der Waals surface area (Å²) in [5.41, 5.74) is 3.70. The van der Waals surface area contributed by atoms with Gasteiger partial charge in [-0.1, -0.05) is 48.2 Å². The summed E-state index contributed by atoms with van der Waals surface area (Å²) in [5, 5.41) is 2.96. The van der Waals surface area contributed by atoms with E-state index >= 15 is 0 Å². The molecule has 0 spiro atoms. The van der Waals surface area contributed by atoms with Gasteiger partial charge in [0.1, 0.15) is 5.75 Å². The van der Waals surface area contributed by atoms with Crippen LogP contribution in [0.1, 0.15) is 54.1 Å². The van der Waals surface area contributed by atoms with Gasteiger partial charge < -0.3 is 10.1 Å². The van der Waals surface area contributed by atoms with Crippen molar-refractivity contribution in [3.63, 3.8) is 0 Å². The molecule has 3 nitrogen and oxygen atoms in total. The quantitative estimate of drug-likeness (QED) is 0.526. The molecule has 134 valence electrons. The molecule has 1 N–H and O–H groups in total. The molecule has 1 amide bonds. The first kappa shape index (κ1) is 19.5. The lowest BCUT2D eigenvalue weighted by Crippen LogP contribution is -2.14. The summed E-state index contributed by atoms with van der Waals surface area (Å²) >= 11 is 3.44. The number of aryl methyl sites for hydroxylation is 2. The normalized spacial score (nSPS) is 10.6. The van der Waals surface area contributed by atoms with Crippen molar-refractivity contribution in [1.29, 1.82) is 0 Å². The van der Waals surface area contributed by atoms with Crippen molar-refractivity contribution in [3.8, 4) is 5.75 Å². The van der Waals surface area contributed by atoms with Crippen molar-refractivity contribution in [2.75, 3.05) is 11.9 Å². The first-order valence-electron chi connectivity index (χ1n) is 8.82. The number of hydrogen-bond donors (Lipinski definition) is 1. The van der Waals surface area contributed by atoms with Crippen molar-refractivity contribution in [1.82, 2.24) is 0 Å². The lowest BCUT2D eigenvalue weighted by molar-refractivity contribution is 0.102. The molecule has 4 heteroatoms. The van der Waals surface area contributed by atoms with Crippen LogP contribution >= 0.6 is 15.9 Å². The number of amides is 1. The van der Waals surface area contributed by atoms with Gasteiger partial charge in [0.2, 0.25) is 0 Å². The van der Waals surface area contributed by atoms with Crippen LogP contribution in [0, 0.1) is 13.8 Å². The summed E-state index contributed by atoms with van der Waals surface area (Å²) < 4.78 is 6.72. The smallest absolute Gasteiger partial charge is 0.259 e. The van der Waals surface area contributed by atoms with Gasteiger partial charge in [-0.15, -0.1) is 0 Å². The van der Waals surface area contributed by atoms with Gasteiger partial charge >= 0.3 is 0 Å². The lowest BCUT2D eigenvalue weighted by atomic mass is 10.1. The highest BCUT2D eigenvalue weighted by Gasteiger charge is 2.14. The monoisotopic (exact) mass is 403 g/mol. The highest BCUT2D eigenvalue weighted by atomic mass is 79.9. The third-order valence-electron chi connectivity index (χ3n) is 4.21. The van der Waals surface area contributed by atoms with Gasteiger partial charge in [-0.3, -0.25) is 4.79 Å². The Morgan fingerprint density at radius 2 is 1.84 bits per heavy atom. The Labute approximate surface area is 158 Å². The van der Waals surface area contributed by atoms with Crippen molar-refractivity contribution < 1.29 is 9.53 Å². The molecule has 0 saturated heterocycles. The van der Waals surface area contributed by atoms with Crippen LogP contribution < -0.4 is 10.1 Å². The predicted molar refractivity (Wildman–Crippen MR) is 108 cm³/mol. The van der Waals surface area contributed by atoms with Crippen molar-refractivity contribution in [2.45, 2.75) is 46.5 Å². The van der Waals surface area contributed by atoms with E-state index in [-0.39, 0.29) is 5.91 Å². The standard InChI is InChI=1S/C21H26BrNO2/c1-4-5-6-7-12-25-20-11-9-17(22)14-19(20)21(24)23-18-10-8-15(2)16(3)13-18/h8-11,13-14H,4-7,12H2,1-3H3,(H,23,24). The fraction of sp³-hybridized carbons (Fsp3) is 0.381. The van der Waals surface area contributed by atoms with Gasteiger partial charge in [0.25, 0.3) is 5.91 Å². The molecule has 0 saturated carbocycles. The Kier molecular flexibility index (Phi) is 7.51. The number of halogens is 1. The zero-order valence-corrected chi connectivity index (χ0v) is 16.8. The molecule has 0 fully saturated rings. The van der Waals surface area contributed by atoms with E-state index in [1.165, 1.54) is 18.4 Å². The minimum absolute atomic E-state index is 0.159. The fourth-order valence-electron chi connectivity index (χ4n) is 2.53. The topological polar surface area (TPSA) is 38.3 Å². The van der Waals surface area contributed by atoms with Crippen LogP contribution in [-0.4, -0.2) is 12.5 Å². The molecule has 0 atom stereocenters. The molecule has 0 aliphatic rings. The van der Waals surface area contributed by atoms with Crippen LogP contribution in [0.5, 0.6) is 5.75 Å². The molecular formula is C21H26BrNO2. The van der Waals surface area contributed by atoms with Crippen LogP contribution in [0.15, 0.2) is 40.9 Å². The van der Waals surface area contributed by atoms with E-state index in [0.29, 0.717) is 17.9 Å². The average Bonchev–Trinajstić information content (AvgIpc) is 2.59. The van der Waals surface area contributed by atoms with Crippen molar-refractivity contribution in [2.24, 2.45) is 0 Å². The number of carbonyl (C=O) groups is 1. The zero-order chi connectivity index (χ0) is 18.2. The van der Waals surface area contributed by atoms with Gasteiger partial charge in [-0.2, -0.15) is 0 Å². The third-order valence-corrected chi connectivity index (χ3v) is 4.70. The molecule has 2 aromatic carbocycles. The van der Waals surface area contributed by atoms with Crippen LogP contribution in [0.3, 0.4) is 0 Å². The van der Waals surface area contributed by atoms with Crippen molar-refractivity contribution in [3.05, 3.63) is 57.6 Å². The van der Waals surface area contributed by atoms with Crippen LogP contribution in [0.2, 0.25) is 0 Å². The third kappa shape index (κ3) is 5.89. The van der Waals surface area contributed by atoms with E-state index in [1.54, 1.807) is 6.07 Å². The molecule has 0 unspecified atom stereocenters. The van der Waals surface area contributed by atoms with Gasteiger partial charge in [0.05, 0.1) is 12.2 Å². The highest BCUT2D eigenvalue weighted by Crippen LogP contribution is 2.25. The second-order valence-corrected chi connectivity index (χ2v) is 7.22. The molecule has 0 aliphatic heterocycles. The molecule has 0 aromatic heterocycles. The number of anilines is 1. The first-order chi connectivity index (χ1) is 12.0. The van der Waals surface area contributed by atoms with E-state index in [2.05, 4.69) is 35.1 Å². The van der Waals surface area contributed by atoms with E-state index < -0.39 is 0 Å². The van der Waals surface area contributed by atoms with Crippen LogP contribution in [0.4, 0.5) is 5.69 Å². The largest absolute Gasteiger partial charge is 0.493 e. The van der Waals surface area contributed by atoms with E-state index in [0.717, 1.165) is 28.6 Å². The first-order valence-corrected chi connectivity index (χ1v) is 9.61. The minimum atomic E-state index is -0.159. The van der Waals surface area contributed by atoms with Crippen LogP contribution in [-0.2, 0) is 0 Å². The molecule has 0 heterocycles. The Bertz CT molecular complexity index is 728. The van der Waals surface area contributed by atoms with Crippen molar-refractivity contribution >= 4 is 27.5 Å². The number of carbonyl (C=O) groups excluding carboxylic acids is 1. The molecular weight excluding hydrogens is 378 g/mol. The molecule has 0 bridgehead atoms. The molecule has 2 aromatic rings. The predicted octanol–water partition coefficient (Wildman–Crippen LogP) is 6.28. The minimum Gasteiger partial charge on any atom is -0.493 e. The molecule has 0 radical (unpaired) electrons. The second kappa shape index (κ2) is 9.62. The highest BCUT2D eigenvalue weighted by molar-refractivity contribution is 9.10. The summed E-state index contributed by atoms with van der Waals surface area (Å²) in [6.45, 7) is 6.91. The number of rotatable bonds is 8. The van der Waals surface area contributed by atoms with Gasteiger partial charge in [0.15, 0.2) is 0 Å². The zero-order valence-electron chi connectivity index (χ0n) is 15.2. The maximum atomic E-state index is 12.7. The Balaban J connectivity index is 2.09. The average molecular weight is 404 g/mol.